The highest BCUT2D eigenvalue weighted by atomic mass is 79.9. The molecule has 0 aromatic heterocycles. The standard InChI is InChI=1S/C6H11BrN2/c1-3-4-5-9-6(7)8-2/h5H,3-4H2,1-2H3. The van der Waals surface area contributed by atoms with Crippen molar-refractivity contribution in [1.29, 1.82) is 0 Å². The van der Waals surface area contributed by atoms with E-state index in [0.717, 1.165) is 12.8 Å². The van der Waals surface area contributed by atoms with Crippen LogP contribution < -0.4 is 0 Å². The zero-order valence-corrected chi connectivity index (χ0v) is 7.35. The molecule has 0 saturated carbocycles. The van der Waals surface area contributed by atoms with Gasteiger partial charge in [0, 0.05) is 13.3 Å². The molecule has 52 valence electrons. The van der Waals surface area contributed by atoms with E-state index < -0.39 is 0 Å². The van der Waals surface area contributed by atoms with E-state index in [0.29, 0.717) is 4.74 Å². The molecule has 0 radical (unpaired) electrons. The molecule has 0 fully saturated rings. The second kappa shape index (κ2) is 5.95. The molecular formula is C6H11BrN2. The summed E-state index contributed by atoms with van der Waals surface area (Å²) < 4.78 is 0.663. The number of amidine groups is 1. The van der Waals surface area contributed by atoms with Gasteiger partial charge in [0.1, 0.15) is 0 Å². The molecule has 0 aliphatic rings. The molecule has 2 nitrogen and oxygen atoms in total. The Morgan fingerprint density at radius 1 is 1.67 bits per heavy atom. The minimum Gasteiger partial charge on any atom is -0.264 e. The number of halogens is 1. The van der Waals surface area contributed by atoms with Crippen molar-refractivity contribution >= 4 is 26.9 Å². The Bertz CT molecular complexity index is 118. The van der Waals surface area contributed by atoms with Crippen LogP contribution >= 0.6 is 15.9 Å². The number of hydrogen-bond acceptors (Lipinski definition) is 1. The van der Waals surface area contributed by atoms with Crippen molar-refractivity contribution in [2.24, 2.45) is 9.98 Å². The van der Waals surface area contributed by atoms with Crippen molar-refractivity contribution in [3.8, 4) is 0 Å². The molecule has 0 N–H and O–H groups in total. The quantitative estimate of drug-likeness (QED) is 0.363. The summed E-state index contributed by atoms with van der Waals surface area (Å²) in [5, 5.41) is 0. The van der Waals surface area contributed by atoms with Gasteiger partial charge in [-0.1, -0.05) is 13.3 Å². The summed E-state index contributed by atoms with van der Waals surface area (Å²) >= 11 is 3.16. The van der Waals surface area contributed by atoms with Crippen LogP contribution in [0.3, 0.4) is 0 Å². The SMILES string of the molecule is CCCC=NC(Br)=NC. The van der Waals surface area contributed by atoms with Crippen LogP contribution in [0, 0.1) is 0 Å². The third kappa shape index (κ3) is 5.69. The summed E-state index contributed by atoms with van der Waals surface area (Å²) in [6, 6.07) is 0. The van der Waals surface area contributed by atoms with Gasteiger partial charge in [0.05, 0.1) is 0 Å². The van der Waals surface area contributed by atoms with Crippen molar-refractivity contribution in [2.45, 2.75) is 19.8 Å². The topological polar surface area (TPSA) is 24.7 Å². The molecule has 0 unspecified atom stereocenters. The number of unbranched alkanes of at least 4 members (excludes halogenated alkanes) is 1. The monoisotopic (exact) mass is 190 g/mol. The van der Waals surface area contributed by atoms with E-state index in [2.05, 4.69) is 32.8 Å². The zero-order chi connectivity index (χ0) is 7.11. The van der Waals surface area contributed by atoms with Gasteiger partial charge in [-0.3, -0.25) is 4.99 Å². The van der Waals surface area contributed by atoms with Crippen LogP contribution in [-0.2, 0) is 0 Å². The first-order valence-electron chi connectivity index (χ1n) is 2.96. The molecule has 0 amide bonds. The van der Waals surface area contributed by atoms with Crippen LogP contribution in [0.2, 0.25) is 0 Å². The molecule has 0 aliphatic carbocycles. The highest BCUT2D eigenvalue weighted by molar-refractivity contribution is 9.18. The Kier molecular flexibility index (Phi) is 5.83. The predicted molar refractivity (Wildman–Crippen MR) is 45.7 cm³/mol. The van der Waals surface area contributed by atoms with Gasteiger partial charge in [-0.2, -0.15) is 0 Å². The first kappa shape index (κ1) is 8.82. The van der Waals surface area contributed by atoms with E-state index in [1.807, 2.05) is 6.21 Å². The lowest BCUT2D eigenvalue weighted by molar-refractivity contribution is 1.01. The summed E-state index contributed by atoms with van der Waals surface area (Å²) in [4.78, 5) is 7.77. The van der Waals surface area contributed by atoms with Gasteiger partial charge in [-0.05, 0) is 22.4 Å². The summed E-state index contributed by atoms with van der Waals surface area (Å²) in [7, 11) is 1.70. The second-order valence-corrected chi connectivity index (χ2v) is 2.30. The molecule has 0 aliphatic heterocycles. The Balaban J connectivity index is 3.45. The summed E-state index contributed by atoms with van der Waals surface area (Å²) in [5.41, 5.74) is 0. The highest BCUT2D eigenvalue weighted by Gasteiger charge is 1.79. The van der Waals surface area contributed by atoms with Crippen LogP contribution in [0.4, 0.5) is 0 Å². The molecular weight excluding hydrogens is 180 g/mol. The Labute approximate surface area is 64.2 Å². The third-order valence-electron chi connectivity index (χ3n) is 0.800. The summed E-state index contributed by atoms with van der Waals surface area (Å²) in [6.07, 6.45) is 4.01. The largest absolute Gasteiger partial charge is 0.264 e. The van der Waals surface area contributed by atoms with Gasteiger partial charge in [-0.25, -0.2) is 4.99 Å². The molecule has 0 aromatic carbocycles. The van der Waals surface area contributed by atoms with E-state index in [1.54, 1.807) is 7.05 Å². The van der Waals surface area contributed by atoms with Crippen LogP contribution in [0.15, 0.2) is 9.98 Å². The minimum absolute atomic E-state index is 0.663. The van der Waals surface area contributed by atoms with Crippen LogP contribution in [0.25, 0.3) is 0 Å². The average Bonchev–Trinajstić information content (AvgIpc) is 1.89. The lowest BCUT2D eigenvalue weighted by Gasteiger charge is -1.83. The maximum absolute atomic E-state index is 3.97. The first-order chi connectivity index (χ1) is 4.31. The highest BCUT2D eigenvalue weighted by Crippen LogP contribution is 1.90. The predicted octanol–water partition coefficient (Wildman–Crippen LogP) is 2.24. The smallest absolute Gasteiger partial charge is 0.191 e. The van der Waals surface area contributed by atoms with Gasteiger partial charge >= 0.3 is 0 Å². The van der Waals surface area contributed by atoms with Crippen molar-refractivity contribution in [3.63, 3.8) is 0 Å². The van der Waals surface area contributed by atoms with Crippen molar-refractivity contribution in [2.75, 3.05) is 7.05 Å². The third-order valence-corrected chi connectivity index (χ3v) is 1.36. The fraction of sp³-hybridized carbons (Fsp3) is 0.667. The Morgan fingerprint density at radius 2 is 2.33 bits per heavy atom. The number of aliphatic imine (C=N–C) groups is 2. The van der Waals surface area contributed by atoms with E-state index in [1.165, 1.54) is 0 Å². The molecule has 0 aromatic rings. The van der Waals surface area contributed by atoms with Crippen molar-refractivity contribution < 1.29 is 0 Å². The molecule has 0 heterocycles. The molecule has 0 atom stereocenters. The van der Waals surface area contributed by atoms with Gasteiger partial charge in [0.25, 0.3) is 0 Å². The Morgan fingerprint density at radius 3 is 2.78 bits per heavy atom. The number of rotatable bonds is 2. The maximum Gasteiger partial charge on any atom is 0.191 e. The fourth-order valence-corrected chi connectivity index (χ4v) is 0.471. The van der Waals surface area contributed by atoms with Gasteiger partial charge < -0.3 is 0 Å². The van der Waals surface area contributed by atoms with Gasteiger partial charge in [-0.15, -0.1) is 0 Å². The van der Waals surface area contributed by atoms with Crippen LogP contribution in [-0.4, -0.2) is 18.0 Å². The second-order valence-electron chi connectivity index (χ2n) is 1.59. The Hall–Kier alpha value is -0.180. The molecule has 0 bridgehead atoms. The molecule has 9 heavy (non-hydrogen) atoms. The van der Waals surface area contributed by atoms with Crippen LogP contribution in [0.1, 0.15) is 19.8 Å². The number of hydrogen-bond donors (Lipinski definition) is 0. The summed E-state index contributed by atoms with van der Waals surface area (Å²) in [5.74, 6) is 0. The fourth-order valence-electron chi connectivity index (χ4n) is 0.327. The van der Waals surface area contributed by atoms with E-state index in [4.69, 9.17) is 0 Å². The molecule has 3 heteroatoms. The molecule has 0 saturated heterocycles. The first-order valence-corrected chi connectivity index (χ1v) is 3.75. The van der Waals surface area contributed by atoms with Crippen molar-refractivity contribution in [3.05, 3.63) is 0 Å². The van der Waals surface area contributed by atoms with Crippen molar-refractivity contribution in [1.82, 2.24) is 0 Å². The van der Waals surface area contributed by atoms with E-state index in [-0.39, 0.29) is 0 Å². The minimum atomic E-state index is 0.663. The van der Waals surface area contributed by atoms with E-state index >= 15 is 0 Å². The normalized spacial score (nSPS) is 13.0. The number of nitrogens with zero attached hydrogens (tertiary/aromatic N) is 2. The average molecular weight is 191 g/mol. The van der Waals surface area contributed by atoms with Gasteiger partial charge in [0.2, 0.25) is 0 Å². The lowest BCUT2D eigenvalue weighted by atomic mass is 10.4. The van der Waals surface area contributed by atoms with Gasteiger partial charge in [0.15, 0.2) is 4.74 Å². The lowest BCUT2D eigenvalue weighted by Crippen LogP contribution is -1.80. The maximum atomic E-state index is 3.97. The zero-order valence-electron chi connectivity index (χ0n) is 5.76. The summed E-state index contributed by atoms with van der Waals surface area (Å²) in [6.45, 7) is 2.11. The molecule has 0 spiro atoms. The molecule has 0 rings (SSSR count). The van der Waals surface area contributed by atoms with Crippen LogP contribution in [0.5, 0.6) is 0 Å². The van der Waals surface area contributed by atoms with E-state index in [9.17, 15) is 0 Å².